The van der Waals surface area contributed by atoms with Crippen LogP contribution in [0.25, 0.3) is 10.2 Å². The lowest BCUT2D eigenvalue weighted by atomic mass is 10.3. The molecule has 160 valence electrons. The molecule has 1 saturated heterocycles. The van der Waals surface area contributed by atoms with Gasteiger partial charge in [-0.15, -0.1) is 17.9 Å². The highest BCUT2D eigenvalue weighted by molar-refractivity contribution is 7.99. The molecule has 31 heavy (non-hydrogen) atoms. The first kappa shape index (κ1) is 21.1. The van der Waals surface area contributed by atoms with Crippen molar-refractivity contribution in [2.45, 2.75) is 18.6 Å². The van der Waals surface area contributed by atoms with Crippen molar-refractivity contribution in [2.24, 2.45) is 0 Å². The smallest absolute Gasteiger partial charge is 0.263 e. The Hall–Kier alpha value is -3.10. The predicted octanol–water partition coefficient (Wildman–Crippen LogP) is 2.25. The number of carbonyl (C=O) groups excluding carboxylic acids is 1. The quantitative estimate of drug-likeness (QED) is 0.316. The van der Waals surface area contributed by atoms with Crippen molar-refractivity contribution in [1.82, 2.24) is 19.4 Å². The predicted molar refractivity (Wildman–Crippen MR) is 120 cm³/mol. The first-order valence-corrected chi connectivity index (χ1v) is 11.5. The number of rotatable bonds is 6. The normalized spacial score (nSPS) is 14.1. The lowest BCUT2D eigenvalue weighted by Crippen LogP contribution is -2.49. The Bertz CT molecular complexity index is 1230. The molecule has 1 amide bonds. The zero-order valence-corrected chi connectivity index (χ0v) is 18.5. The fraction of sp³-hybridized carbons (Fsp3) is 0.350. The molecule has 3 aromatic rings. The fourth-order valence-electron chi connectivity index (χ4n) is 3.41. The lowest BCUT2D eigenvalue weighted by molar-refractivity contribution is -0.128. The number of oxazole rings is 1. The van der Waals surface area contributed by atoms with Crippen LogP contribution in [0.5, 0.6) is 0 Å². The summed E-state index contributed by atoms with van der Waals surface area (Å²) in [5, 5.41) is 12.1. The maximum atomic E-state index is 12.8. The number of aryl methyl sites for hydroxylation is 1. The Morgan fingerprint density at radius 1 is 1.39 bits per heavy atom. The van der Waals surface area contributed by atoms with Gasteiger partial charge in [0, 0.05) is 39.6 Å². The molecule has 0 radical (unpaired) electrons. The van der Waals surface area contributed by atoms with E-state index in [2.05, 4.69) is 16.5 Å². The third-order valence-corrected chi connectivity index (χ3v) is 6.69. The second kappa shape index (κ2) is 8.95. The van der Waals surface area contributed by atoms with Crippen LogP contribution in [-0.2, 0) is 11.3 Å². The minimum absolute atomic E-state index is 0.0235. The average Bonchev–Trinajstić information content (AvgIpc) is 3.40. The number of piperazine rings is 1. The molecule has 11 heteroatoms. The summed E-state index contributed by atoms with van der Waals surface area (Å²) in [6, 6.07) is 3.81. The summed E-state index contributed by atoms with van der Waals surface area (Å²) in [5.74, 6) is 1.07. The highest BCUT2D eigenvalue weighted by atomic mass is 32.2. The van der Waals surface area contributed by atoms with E-state index >= 15 is 0 Å². The van der Waals surface area contributed by atoms with E-state index < -0.39 is 0 Å². The Balaban J connectivity index is 1.41. The molecule has 1 aliphatic heterocycles. The molecule has 0 N–H and O–H groups in total. The molecular weight excluding hydrogens is 436 g/mol. The number of hydrogen-bond acceptors (Lipinski definition) is 9. The van der Waals surface area contributed by atoms with Gasteiger partial charge in [-0.05, 0) is 11.4 Å². The number of fused-ring (bicyclic) bond motifs is 1. The number of hydrogen-bond donors (Lipinski definition) is 0. The van der Waals surface area contributed by atoms with E-state index in [4.69, 9.17) is 4.42 Å². The molecule has 0 bridgehead atoms. The summed E-state index contributed by atoms with van der Waals surface area (Å²) in [4.78, 5) is 38.5. The Kier molecular flexibility index (Phi) is 6.11. The van der Waals surface area contributed by atoms with Crippen molar-refractivity contribution in [3.05, 3.63) is 46.0 Å². The second-order valence-corrected chi connectivity index (χ2v) is 8.73. The number of thioether (sulfide) groups is 1. The van der Waals surface area contributed by atoms with Gasteiger partial charge in [-0.25, -0.2) is 9.97 Å². The van der Waals surface area contributed by atoms with E-state index in [1.165, 1.54) is 23.1 Å². The second-order valence-electron chi connectivity index (χ2n) is 6.89. The lowest BCUT2D eigenvalue weighted by Gasteiger charge is -2.34. The van der Waals surface area contributed by atoms with Crippen molar-refractivity contribution in [3.8, 4) is 6.07 Å². The van der Waals surface area contributed by atoms with Crippen LogP contribution in [0.15, 0.2) is 38.5 Å². The van der Waals surface area contributed by atoms with Gasteiger partial charge in [0.05, 0.1) is 11.1 Å². The summed E-state index contributed by atoms with van der Waals surface area (Å²) in [6.45, 7) is 7.90. The molecule has 0 saturated carbocycles. The van der Waals surface area contributed by atoms with Crippen LogP contribution in [0, 0.1) is 18.3 Å². The summed E-state index contributed by atoms with van der Waals surface area (Å²) < 4.78 is 7.11. The van der Waals surface area contributed by atoms with Crippen molar-refractivity contribution < 1.29 is 9.21 Å². The first-order valence-electron chi connectivity index (χ1n) is 9.63. The van der Waals surface area contributed by atoms with E-state index in [9.17, 15) is 14.9 Å². The SMILES string of the molecule is C=CCn1c(SCC(=O)N2CCN(c3oc(C)nc3C#N)CC2)nc2sccc2c1=O. The van der Waals surface area contributed by atoms with E-state index in [0.29, 0.717) is 59.9 Å². The fourth-order valence-corrected chi connectivity index (χ4v) is 5.13. The molecule has 0 spiro atoms. The van der Waals surface area contributed by atoms with Crippen molar-refractivity contribution in [2.75, 3.05) is 36.8 Å². The third-order valence-electron chi connectivity index (χ3n) is 4.93. The monoisotopic (exact) mass is 456 g/mol. The highest BCUT2D eigenvalue weighted by Crippen LogP contribution is 2.24. The summed E-state index contributed by atoms with van der Waals surface area (Å²) >= 11 is 2.67. The van der Waals surface area contributed by atoms with Crippen LogP contribution < -0.4 is 10.5 Å². The van der Waals surface area contributed by atoms with Crippen molar-refractivity contribution in [1.29, 1.82) is 5.26 Å². The first-order chi connectivity index (χ1) is 15.0. The number of amides is 1. The maximum absolute atomic E-state index is 12.8. The minimum atomic E-state index is -0.120. The van der Waals surface area contributed by atoms with Crippen LogP contribution in [0.2, 0.25) is 0 Å². The maximum Gasteiger partial charge on any atom is 0.263 e. The van der Waals surface area contributed by atoms with Crippen LogP contribution in [-0.4, -0.2) is 57.3 Å². The molecule has 0 aromatic carbocycles. The number of aromatic nitrogens is 3. The average molecular weight is 457 g/mol. The topological polar surface area (TPSA) is 108 Å². The van der Waals surface area contributed by atoms with Crippen LogP contribution >= 0.6 is 23.1 Å². The summed E-state index contributed by atoms with van der Waals surface area (Å²) in [5.41, 5.74) is 0.147. The van der Waals surface area contributed by atoms with Gasteiger partial charge in [-0.2, -0.15) is 5.26 Å². The molecule has 1 aliphatic rings. The number of anilines is 1. The number of allylic oxidation sites excluding steroid dienone is 1. The van der Waals surface area contributed by atoms with Crippen LogP contribution in [0.4, 0.5) is 5.88 Å². The Morgan fingerprint density at radius 2 is 2.16 bits per heavy atom. The van der Waals surface area contributed by atoms with Gasteiger partial charge in [0.1, 0.15) is 10.9 Å². The van der Waals surface area contributed by atoms with E-state index in [0.717, 1.165) is 0 Å². The summed E-state index contributed by atoms with van der Waals surface area (Å²) in [7, 11) is 0. The van der Waals surface area contributed by atoms with Crippen molar-refractivity contribution in [3.63, 3.8) is 0 Å². The molecule has 0 atom stereocenters. The molecule has 1 fully saturated rings. The van der Waals surface area contributed by atoms with Crippen LogP contribution in [0.3, 0.4) is 0 Å². The van der Waals surface area contributed by atoms with Gasteiger partial charge in [0.2, 0.25) is 17.5 Å². The molecular formula is C20H20N6O3S2. The minimum Gasteiger partial charge on any atom is -0.424 e. The van der Waals surface area contributed by atoms with Gasteiger partial charge < -0.3 is 14.2 Å². The van der Waals surface area contributed by atoms with E-state index in [1.807, 2.05) is 16.3 Å². The molecule has 0 unspecified atom stereocenters. The van der Waals surface area contributed by atoms with Gasteiger partial charge in [-0.1, -0.05) is 17.8 Å². The van der Waals surface area contributed by atoms with E-state index in [1.54, 1.807) is 28.5 Å². The zero-order valence-electron chi connectivity index (χ0n) is 16.9. The third kappa shape index (κ3) is 4.22. The molecule has 9 nitrogen and oxygen atoms in total. The Labute approximate surface area is 186 Å². The number of thiophene rings is 1. The largest absolute Gasteiger partial charge is 0.424 e. The van der Waals surface area contributed by atoms with Crippen LogP contribution in [0.1, 0.15) is 11.6 Å². The zero-order chi connectivity index (χ0) is 22.0. The molecule has 4 heterocycles. The van der Waals surface area contributed by atoms with Gasteiger partial charge in [0.15, 0.2) is 11.0 Å². The summed E-state index contributed by atoms with van der Waals surface area (Å²) in [6.07, 6.45) is 1.65. The van der Waals surface area contributed by atoms with Crippen molar-refractivity contribution >= 4 is 45.1 Å². The Morgan fingerprint density at radius 3 is 2.87 bits per heavy atom. The molecule has 4 rings (SSSR count). The van der Waals surface area contributed by atoms with E-state index in [-0.39, 0.29) is 22.9 Å². The number of carbonyl (C=O) groups is 1. The molecule has 0 aliphatic carbocycles. The van der Waals surface area contributed by atoms with Gasteiger partial charge >= 0.3 is 0 Å². The highest BCUT2D eigenvalue weighted by Gasteiger charge is 2.26. The standard InChI is InChI=1S/C20H20N6O3S2/c1-3-5-26-18(28)14-4-10-30-17(14)23-20(26)31-12-16(27)24-6-8-25(9-7-24)19-15(11-21)22-13(2)29-19/h3-4,10H,1,5-9,12H2,2H3. The number of nitrogens with zero attached hydrogens (tertiary/aromatic N) is 6. The number of nitriles is 1. The molecule has 3 aromatic heterocycles. The van der Waals surface area contributed by atoms with Gasteiger partial charge in [0.25, 0.3) is 5.56 Å². The van der Waals surface area contributed by atoms with Gasteiger partial charge in [-0.3, -0.25) is 14.2 Å².